The lowest BCUT2D eigenvalue weighted by Gasteiger charge is -2.09. The van der Waals surface area contributed by atoms with Crippen LogP contribution in [0.25, 0.3) is 0 Å². The van der Waals surface area contributed by atoms with E-state index in [1.165, 1.54) is 0 Å². The number of ketones is 1. The van der Waals surface area contributed by atoms with E-state index in [0.29, 0.717) is 10.0 Å². The van der Waals surface area contributed by atoms with Gasteiger partial charge in [0.2, 0.25) is 6.86 Å². The highest BCUT2D eigenvalue weighted by Crippen LogP contribution is 2.30. The van der Waals surface area contributed by atoms with Crippen LogP contribution in [0, 0.1) is 0 Å². The summed E-state index contributed by atoms with van der Waals surface area (Å²) in [6.45, 7) is -0.968. The lowest BCUT2D eigenvalue weighted by molar-refractivity contribution is 0.0981. The molecule has 2 nitrogen and oxygen atoms in total. The predicted molar refractivity (Wildman–Crippen MR) is 60.4 cm³/mol. The van der Waals surface area contributed by atoms with Gasteiger partial charge in [-0.2, -0.15) is 0 Å². The zero-order chi connectivity index (χ0) is 11.3. The molecule has 82 valence electrons. The van der Waals surface area contributed by atoms with E-state index in [9.17, 15) is 9.18 Å². The summed E-state index contributed by atoms with van der Waals surface area (Å²) >= 11 is 8.66. The average molecular weight is 296 g/mol. The second-order valence-electron chi connectivity index (χ2n) is 2.73. The summed E-state index contributed by atoms with van der Waals surface area (Å²) in [6, 6.07) is 4.96. The molecule has 0 amide bonds. The van der Waals surface area contributed by atoms with Crippen LogP contribution in [0.15, 0.2) is 22.7 Å². The van der Waals surface area contributed by atoms with Crippen molar-refractivity contribution in [1.82, 2.24) is 0 Å². The van der Waals surface area contributed by atoms with Crippen molar-refractivity contribution in [2.45, 2.75) is 6.42 Å². The molecular formula is C10H9BrClFO2. The highest BCUT2D eigenvalue weighted by atomic mass is 79.9. The Morgan fingerprint density at radius 3 is 2.87 bits per heavy atom. The Balaban J connectivity index is 3.04. The number of Topliss-reactive ketones (excluding diaryl/α,β-unsaturated/α-hetero) is 1. The molecule has 0 saturated heterocycles. The molecule has 0 atom stereocenters. The Kier molecular flexibility index (Phi) is 5.05. The average Bonchev–Trinajstić information content (AvgIpc) is 2.21. The van der Waals surface area contributed by atoms with Gasteiger partial charge >= 0.3 is 0 Å². The first kappa shape index (κ1) is 12.5. The van der Waals surface area contributed by atoms with Gasteiger partial charge in [-0.3, -0.25) is 4.79 Å². The van der Waals surface area contributed by atoms with Crippen LogP contribution in [0.5, 0.6) is 5.75 Å². The van der Waals surface area contributed by atoms with E-state index in [1.807, 2.05) is 0 Å². The Morgan fingerprint density at radius 1 is 1.53 bits per heavy atom. The smallest absolute Gasteiger partial charge is 0.228 e. The normalized spacial score (nSPS) is 10.1. The van der Waals surface area contributed by atoms with Gasteiger partial charge in [0.05, 0.1) is 10.0 Å². The summed E-state index contributed by atoms with van der Waals surface area (Å²) in [5.41, 5.74) is 0.350. The van der Waals surface area contributed by atoms with Crippen molar-refractivity contribution in [3.63, 3.8) is 0 Å². The summed E-state index contributed by atoms with van der Waals surface area (Å²) in [5, 5.41) is 0. The molecule has 5 heteroatoms. The minimum absolute atomic E-state index is 0.158. The van der Waals surface area contributed by atoms with E-state index >= 15 is 0 Å². The van der Waals surface area contributed by atoms with Gasteiger partial charge in [-0.15, -0.1) is 11.6 Å². The first-order valence-corrected chi connectivity index (χ1v) is 5.60. The van der Waals surface area contributed by atoms with Gasteiger partial charge in [-0.25, -0.2) is 4.39 Å². The van der Waals surface area contributed by atoms with Crippen LogP contribution in [-0.2, 0) is 0 Å². The van der Waals surface area contributed by atoms with Gasteiger partial charge < -0.3 is 4.74 Å². The van der Waals surface area contributed by atoms with Crippen LogP contribution in [-0.4, -0.2) is 18.5 Å². The molecule has 0 saturated carbocycles. The van der Waals surface area contributed by atoms with Gasteiger partial charge in [0, 0.05) is 12.3 Å². The number of carbonyl (C=O) groups is 1. The molecule has 15 heavy (non-hydrogen) atoms. The standard InChI is InChI=1S/C10H9BrClFO2/c11-8-3-1-2-7(9(14)4-5-12)10(8)15-6-13/h1-3H,4-6H2. The van der Waals surface area contributed by atoms with E-state index in [-0.39, 0.29) is 23.8 Å². The fourth-order valence-corrected chi connectivity index (χ4v) is 1.80. The summed E-state index contributed by atoms with van der Waals surface area (Å²) in [7, 11) is 0. The molecule has 0 aromatic heterocycles. The minimum Gasteiger partial charge on any atom is -0.461 e. The molecule has 0 unspecified atom stereocenters. The van der Waals surface area contributed by atoms with Crippen LogP contribution in [0.1, 0.15) is 16.8 Å². The molecule has 1 rings (SSSR count). The molecule has 0 radical (unpaired) electrons. The van der Waals surface area contributed by atoms with Crippen LogP contribution < -0.4 is 4.74 Å². The third kappa shape index (κ3) is 3.18. The quantitative estimate of drug-likeness (QED) is 0.613. The summed E-state index contributed by atoms with van der Waals surface area (Å²) in [4.78, 5) is 11.6. The topological polar surface area (TPSA) is 26.3 Å². The van der Waals surface area contributed by atoms with E-state index in [4.69, 9.17) is 16.3 Å². The van der Waals surface area contributed by atoms with Crippen LogP contribution >= 0.6 is 27.5 Å². The van der Waals surface area contributed by atoms with Crippen molar-refractivity contribution in [1.29, 1.82) is 0 Å². The van der Waals surface area contributed by atoms with Crippen molar-refractivity contribution in [3.8, 4) is 5.75 Å². The first-order chi connectivity index (χ1) is 7.20. The largest absolute Gasteiger partial charge is 0.461 e. The van der Waals surface area contributed by atoms with Gasteiger partial charge in [0.1, 0.15) is 5.75 Å². The number of benzene rings is 1. The van der Waals surface area contributed by atoms with Crippen molar-refractivity contribution >= 4 is 33.3 Å². The van der Waals surface area contributed by atoms with Gasteiger partial charge in [-0.1, -0.05) is 6.07 Å². The van der Waals surface area contributed by atoms with Crippen molar-refractivity contribution in [2.24, 2.45) is 0 Å². The zero-order valence-corrected chi connectivity index (χ0v) is 10.1. The number of hydrogen-bond acceptors (Lipinski definition) is 2. The fraction of sp³-hybridized carbons (Fsp3) is 0.300. The molecule has 0 bridgehead atoms. The molecule has 0 aliphatic heterocycles. The first-order valence-electron chi connectivity index (χ1n) is 4.27. The molecule has 0 aliphatic carbocycles. The lowest BCUT2D eigenvalue weighted by atomic mass is 10.1. The molecule has 1 aromatic rings. The lowest BCUT2D eigenvalue weighted by Crippen LogP contribution is -2.04. The van der Waals surface area contributed by atoms with E-state index < -0.39 is 6.86 Å². The van der Waals surface area contributed by atoms with E-state index in [0.717, 1.165) is 0 Å². The number of alkyl halides is 2. The Labute approximate surface area is 101 Å². The summed E-state index contributed by atoms with van der Waals surface area (Å²) < 4.78 is 17.4. The highest BCUT2D eigenvalue weighted by molar-refractivity contribution is 9.10. The van der Waals surface area contributed by atoms with E-state index in [1.54, 1.807) is 18.2 Å². The predicted octanol–water partition coefficient (Wildman–Crippen LogP) is 3.57. The highest BCUT2D eigenvalue weighted by Gasteiger charge is 2.14. The van der Waals surface area contributed by atoms with E-state index in [2.05, 4.69) is 15.9 Å². The second kappa shape index (κ2) is 6.08. The molecule has 0 N–H and O–H groups in total. The van der Waals surface area contributed by atoms with Gasteiger partial charge in [0.25, 0.3) is 0 Å². The summed E-state index contributed by atoms with van der Waals surface area (Å²) in [5.74, 6) is 0.310. The maximum atomic E-state index is 12.1. The Morgan fingerprint density at radius 2 is 2.27 bits per heavy atom. The number of halogens is 3. The van der Waals surface area contributed by atoms with Gasteiger partial charge in [0.15, 0.2) is 5.78 Å². The number of rotatable bonds is 5. The van der Waals surface area contributed by atoms with Crippen LogP contribution in [0.3, 0.4) is 0 Å². The zero-order valence-electron chi connectivity index (χ0n) is 7.80. The number of hydrogen-bond donors (Lipinski definition) is 0. The number of ether oxygens (including phenoxy) is 1. The van der Waals surface area contributed by atoms with Gasteiger partial charge in [-0.05, 0) is 28.1 Å². The Hall–Kier alpha value is -0.610. The van der Waals surface area contributed by atoms with Crippen molar-refractivity contribution < 1.29 is 13.9 Å². The molecular weight excluding hydrogens is 286 g/mol. The minimum atomic E-state index is -0.968. The van der Waals surface area contributed by atoms with Crippen molar-refractivity contribution in [2.75, 3.05) is 12.7 Å². The maximum Gasteiger partial charge on any atom is 0.228 e. The SMILES string of the molecule is O=C(CCCl)c1cccc(Br)c1OCF. The van der Waals surface area contributed by atoms with Crippen LogP contribution in [0.4, 0.5) is 4.39 Å². The number of para-hydroxylation sites is 1. The Bertz CT molecular complexity index is 357. The van der Waals surface area contributed by atoms with Crippen LogP contribution in [0.2, 0.25) is 0 Å². The molecule has 0 fully saturated rings. The number of carbonyl (C=O) groups excluding carboxylic acids is 1. The maximum absolute atomic E-state index is 12.1. The molecule has 0 aliphatic rings. The third-order valence-electron chi connectivity index (χ3n) is 1.79. The molecule has 1 aromatic carbocycles. The molecule has 0 heterocycles. The monoisotopic (exact) mass is 294 g/mol. The second-order valence-corrected chi connectivity index (χ2v) is 3.96. The molecule has 0 spiro atoms. The fourth-order valence-electron chi connectivity index (χ4n) is 1.15. The third-order valence-corrected chi connectivity index (χ3v) is 2.60. The summed E-state index contributed by atoms with van der Waals surface area (Å²) in [6.07, 6.45) is 0.209. The van der Waals surface area contributed by atoms with Crippen molar-refractivity contribution in [3.05, 3.63) is 28.2 Å².